The van der Waals surface area contributed by atoms with E-state index in [0.717, 1.165) is 37.0 Å². The molecule has 1 amide bonds. The molecule has 2 fully saturated rings. The van der Waals surface area contributed by atoms with E-state index in [4.69, 9.17) is 4.74 Å². The number of carbonyl (C=O) groups is 1. The van der Waals surface area contributed by atoms with Crippen molar-refractivity contribution in [3.8, 4) is 5.75 Å². The molecule has 0 saturated heterocycles. The fourth-order valence-corrected chi connectivity index (χ4v) is 4.62. The number of rotatable bonds is 6. The Balaban J connectivity index is 1.52. The maximum atomic E-state index is 13.1. The van der Waals surface area contributed by atoms with Crippen molar-refractivity contribution in [2.75, 3.05) is 7.11 Å². The first-order chi connectivity index (χ1) is 12.1. The number of benzene rings is 1. The van der Waals surface area contributed by atoms with Gasteiger partial charge in [0.15, 0.2) is 0 Å². The minimum absolute atomic E-state index is 0.00613. The average Bonchev–Trinajstić information content (AvgIpc) is 3.25. The molecular formula is C20H23NO3S. The predicted molar refractivity (Wildman–Crippen MR) is 97.8 cm³/mol. The molecule has 4 nitrogen and oxygen atoms in total. The number of hydrogen-bond donors (Lipinski definition) is 2. The fraction of sp³-hybridized carbons (Fsp3) is 0.450. The van der Waals surface area contributed by atoms with E-state index in [0.29, 0.717) is 5.92 Å². The lowest BCUT2D eigenvalue weighted by Gasteiger charge is -2.38. The standard InChI is InChI=1S/C20H23NO3S/c1-24-16-6-4-14(5-7-16)20(8-9-20)19(23)21-18(13-11-15(22)12-13)17-3-2-10-25-17/h2-7,10,13,15,18,22H,8-9,11-12H2,1H3,(H,21,23)/t13?,15?,18-/m0/s1. The normalized spacial score (nSPS) is 24.9. The van der Waals surface area contributed by atoms with Gasteiger partial charge in [-0.15, -0.1) is 11.3 Å². The molecule has 2 N–H and O–H groups in total. The molecule has 25 heavy (non-hydrogen) atoms. The molecule has 0 aliphatic heterocycles. The minimum Gasteiger partial charge on any atom is -0.497 e. The topological polar surface area (TPSA) is 58.6 Å². The van der Waals surface area contributed by atoms with Crippen molar-refractivity contribution in [1.82, 2.24) is 5.32 Å². The lowest BCUT2D eigenvalue weighted by molar-refractivity contribution is -0.125. The van der Waals surface area contributed by atoms with Crippen LogP contribution in [0, 0.1) is 5.92 Å². The van der Waals surface area contributed by atoms with Gasteiger partial charge >= 0.3 is 0 Å². The molecule has 2 aromatic rings. The van der Waals surface area contributed by atoms with Gasteiger partial charge in [0.2, 0.25) is 5.91 Å². The summed E-state index contributed by atoms with van der Waals surface area (Å²) >= 11 is 1.67. The van der Waals surface area contributed by atoms with Crippen molar-refractivity contribution >= 4 is 17.2 Å². The molecule has 2 aliphatic rings. The minimum atomic E-state index is -0.399. The van der Waals surface area contributed by atoms with Crippen LogP contribution < -0.4 is 10.1 Å². The fourth-order valence-electron chi connectivity index (χ4n) is 3.75. The van der Waals surface area contributed by atoms with Crippen LogP contribution in [-0.4, -0.2) is 24.2 Å². The Morgan fingerprint density at radius 2 is 2.00 bits per heavy atom. The average molecular weight is 357 g/mol. The summed E-state index contributed by atoms with van der Waals surface area (Å²) in [7, 11) is 1.65. The molecule has 2 saturated carbocycles. The molecule has 2 aliphatic carbocycles. The number of aliphatic hydroxyl groups is 1. The molecule has 5 heteroatoms. The Hall–Kier alpha value is -1.85. The van der Waals surface area contributed by atoms with Gasteiger partial charge in [-0.2, -0.15) is 0 Å². The summed E-state index contributed by atoms with van der Waals surface area (Å²) < 4.78 is 5.22. The first-order valence-electron chi connectivity index (χ1n) is 8.79. The van der Waals surface area contributed by atoms with E-state index in [9.17, 15) is 9.90 Å². The molecule has 0 spiro atoms. The molecule has 0 bridgehead atoms. The van der Waals surface area contributed by atoms with Gasteiger partial charge in [-0.05, 0) is 60.7 Å². The van der Waals surface area contributed by atoms with E-state index in [1.54, 1.807) is 18.4 Å². The van der Waals surface area contributed by atoms with Gasteiger partial charge in [0.1, 0.15) is 5.75 Å². The summed E-state index contributed by atoms with van der Waals surface area (Å²) in [5.41, 5.74) is 0.661. The maximum Gasteiger partial charge on any atom is 0.231 e. The first-order valence-corrected chi connectivity index (χ1v) is 9.67. The van der Waals surface area contributed by atoms with Crippen molar-refractivity contribution in [3.05, 3.63) is 52.2 Å². The Morgan fingerprint density at radius 3 is 2.52 bits per heavy atom. The monoisotopic (exact) mass is 357 g/mol. The van der Waals surface area contributed by atoms with Crippen LogP contribution in [0.2, 0.25) is 0 Å². The van der Waals surface area contributed by atoms with E-state index in [-0.39, 0.29) is 18.1 Å². The van der Waals surface area contributed by atoms with E-state index in [1.165, 1.54) is 4.88 Å². The molecule has 132 valence electrons. The number of aliphatic hydroxyl groups excluding tert-OH is 1. The zero-order valence-electron chi connectivity index (χ0n) is 14.3. The quantitative estimate of drug-likeness (QED) is 0.833. The summed E-state index contributed by atoms with van der Waals surface area (Å²) in [5.74, 6) is 1.24. The van der Waals surface area contributed by atoms with Crippen molar-refractivity contribution in [3.63, 3.8) is 0 Å². The Morgan fingerprint density at radius 1 is 1.28 bits per heavy atom. The van der Waals surface area contributed by atoms with Crippen molar-refractivity contribution in [2.24, 2.45) is 5.92 Å². The highest BCUT2D eigenvalue weighted by Crippen LogP contribution is 2.50. The third-order valence-electron chi connectivity index (χ3n) is 5.58. The van der Waals surface area contributed by atoms with Crippen molar-refractivity contribution in [1.29, 1.82) is 0 Å². The second-order valence-corrected chi connectivity index (χ2v) is 8.14. The smallest absolute Gasteiger partial charge is 0.231 e. The second-order valence-electron chi connectivity index (χ2n) is 7.16. The van der Waals surface area contributed by atoms with Gasteiger partial charge in [-0.1, -0.05) is 18.2 Å². The highest BCUT2D eigenvalue weighted by molar-refractivity contribution is 7.10. The van der Waals surface area contributed by atoms with E-state index < -0.39 is 5.41 Å². The van der Waals surface area contributed by atoms with Gasteiger partial charge in [0.25, 0.3) is 0 Å². The Bertz CT molecular complexity index is 731. The van der Waals surface area contributed by atoms with Crippen LogP contribution >= 0.6 is 11.3 Å². The first kappa shape index (κ1) is 16.6. The Kier molecular flexibility index (Phi) is 4.29. The SMILES string of the molecule is COc1ccc(C2(C(=O)N[C@H](c3cccs3)C3CC(O)C3)CC2)cc1. The molecule has 0 radical (unpaired) electrons. The maximum absolute atomic E-state index is 13.1. The number of carbonyl (C=O) groups excluding carboxylic acids is 1. The van der Waals surface area contributed by atoms with E-state index in [1.807, 2.05) is 35.7 Å². The van der Waals surface area contributed by atoms with Crippen LogP contribution in [0.4, 0.5) is 0 Å². The van der Waals surface area contributed by atoms with Gasteiger partial charge in [-0.3, -0.25) is 4.79 Å². The van der Waals surface area contributed by atoms with Gasteiger partial charge in [0, 0.05) is 4.88 Å². The zero-order chi connectivity index (χ0) is 17.4. The van der Waals surface area contributed by atoms with Crippen LogP contribution in [0.15, 0.2) is 41.8 Å². The van der Waals surface area contributed by atoms with Crippen LogP contribution in [0.1, 0.15) is 42.2 Å². The summed E-state index contributed by atoms with van der Waals surface area (Å²) in [5, 5.41) is 15.0. The van der Waals surface area contributed by atoms with Crippen molar-refractivity contribution in [2.45, 2.75) is 43.2 Å². The molecule has 1 heterocycles. The third kappa shape index (κ3) is 3.07. The predicted octanol–water partition coefficient (Wildman–Crippen LogP) is 3.42. The molecule has 1 atom stereocenters. The number of hydrogen-bond acceptors (Lipinski definition) is 4. The molecular weight excluding hydrogens is 334 g/mol. The summed E-state index contributed by atoms with van der Waals surface area (Å²) in [6.07, 6.45) is 3.07. The number of ether oxygens (including phenoxy) is 1. The van der Waals surface area contributed by atoms with E-state index in [2.05, 4.69) is 11.4 Å². The highest BCUT2D eigenvalue weighted by Gasteiger charge is 2.52. The van der Waals surface area contributed by atoms with E-state index >= 15 is 0 Å². The second kappa shape index (κ2) is 6.46. The van der Waals surface area contributed by atoms with Crippen molar-refractivity contribution < 1.29 is 14.6 Å². The molecule has 1 aromatic carbocycles. The largest absolute Gasteiger partial charge is 0.497 e. The van der Waals surface area contributed by atoms with Gasteiger partial charge < -0.3 is 15.2 Å². The zero-order valence-corrected chi connectivity index (χ0v) is 15.1. The summed E-state index contributed by atoms with van der Waals surface area (Å²) in [6, 6.07) is 11.9. The van der Waals surface area contributed by atoms with Crippen LogP contribution in [0.25, 0.3) is 0 Å². The third-order valence-corrected chi connectivity index (χ3v) is 6.54. The van der Waals surface area contributed by atoms with Crippen LogP contribution in [0.3, 0.4) is 0 Å². The highest BCUT2D eigenvalue weighted by atomic mass is 32.1. The lowest BCUT2D eigenvalue weighted by Crippen LogP contribution is -2.44. The number of amides is 1. The van der Waals surface area contributed by atoms with Crippen LogP contribution in [-0.2, 0) is 10.2 Å². The van der Waals surface area contributed by atoms with Gasteiger partial charge in [-0.25, -0.2) is 0 Å². The van der Waals surface area contributed by atoms with Gasteiger partial charge in [0.05, 0.1) is 24.7 Å². The Labute approximate surface area is 151 Å². The van der Waals surface area contributed by atoms with Crippen LogP contribution in [0.5, 0.6) is 5.75 Å². The molecule has 1 aromatic heterocycles. The number of methoxy groups -OCH3 is 1. The summed E-state index contributed by atoms with van der Waals surface area (Å²) in [6.45, 7) is 0. The number of nitrogens with one attached hydrogen (secondary N) is 1. The lowest BCUT2D eigenvalue weighted by atomic mass is 9.76. The number of thiophene rings is 1. The molecule has 0 unspecified atom stereocenters. The summed E-state index contributed by atoms with van der Waals surface area (Å²) in [4.78, 5) is 14.3. The molecule has 4 rings (SSSR count).